The van der Waals surface area contributed by atoms with Crippen molar-refractivity contribution in [2.45, 2.75) is 31.1 Å². The first-order valence-corrected chi connectivity index (χ1v) is 15.8. The van der Waals surface area contributed by atoms with Crippen LogP contribution < -0.4 is 15.0 Å². The van der Waals surface area contributed by atoms with E-state index in [4.69, 9.17) is 14.6 Å². The largest absolute Gasteiger partial charge is 0.496 e. The van der Waals surface area contributed by atoms with Gasteiger partial charge in [-0.2, -0.15) is 18.3 Å². The van der Waals surface area contributed by atoms with Crippen molar-refractivity contribution in [2.75, 3.05) is 38.2 Å². The second-order valence-electron chi connectivity index (χ2n) is 11.9. The number of hydrogen-bond donors (Lipinski definition) is 2. The molecule has 0 saturated carbocycles. The lowest BCUT2D eigenvalue weighted by atomic mass is 10.0. The van der Waals surface area contributed by atoms with Crippen LogP contribution in [-0.2, 0) is 21.4 Å². The molecule has 7 rings (SSSR count). The van der Waals surface area contributed by atoms with Crippen LogP contribution in [0.15, 0.2) is 54.9 Å². The molecule has 20 heteroatoms. The Morgan fingerprint density at radius 3 is 2.29 bits per heavy atom. The van der Waals surface area contributed by atoms with Crippen LogP contribution in [0.2, 0.25) is 0 Å². The monoisotopic (exact) mass is 724 g/mol. The molecule has 0 aliphatic carbocycles. The maximum atomic E-state index is 13.4. The number of hydrogen-bond acceptors (Lipinski definition) is 12. The van der Waals surface area contributed by atoms with Crippen LogP contribution in [-0.4, -0.2) is 120 Å². The molecule has 2 atom stereocenters. The van der Waals surface area contributed by atoms with Gasteiger partial charge in [-0.05, 0) is 47.2 Å². The number of piperidine rings is 1. The number of piperazine rings is 1. The first-order chi connectivity index (χ1) is 24.8. The summed E-state index contributed by atoms with van der Waals surface area (Å²) in [5.74, 6) is -3.48. The topological polar surface area (TPSA) is 198 Å². The van der Waals surface area contributed by atoms with E-state index in [1.54, 1.807) is 34.8 Å². The molecule has 2 N–H and O–H groups in total. The van der Waals surface area contributed by atoms with Crippen molar-refractivity contribution in [1.29, 1.82) is 0 Å². The lowest BCUT2D eigenvalue weighted by Crippen LogP contribution is -2.54. The fourth-order valence-electron chi connectivity index (χ4n) is 6.35. The van der Waals surface area contributed by atoms with Gasteiger partial charge in [0.15, 0.2) is 5.82 Å². The summed E-state index contributed by atoms with van der Waals surface area (Å²) in [5, 5.41) is 26.0. The van der Waals surface area contributed by atoms with Gasteiger partial charge in [0, 0.05) is 69.4 Å². The molecule has 3 aliphatic rings. The molecular formula is C32H31F3N10O7. The van der Waals surface area contributed by atoms with Crippen LogP contribution in [0.25, 0.3) is 5.69 Å². The zero-order valence-electron chi connectivity index (χ0n) is 27.6. The number of benzene rings is 2. The van der Waals surface area contributed by atoms with E-state index in [1.807, 2.05) is 43.6 Å². The number of fused-ring (bicyclic) bond motifs is 1. The zero-order chi connectivity index (χ0) is 37.3. The van der Waals surface area contributed by atoms with Gasteiger partial charge in [0.05, 0.1) is 23.9 Å². The van der Waals surface area contributed by atoms with Crippen molar-refractivity contribution in [3.8, 4) is 11.4 Å². The summed E-state index contributed by atoms with van der Waals surface area (Å²) in [6, 6.07) is 11.7. The van der Waals surface area contributed by atoms with Gasteiger partial charge in [-0.1, -0.05) is 6.07 Å². The quantitative estimate of drug-likeness (QED) is 0.259. The van der Waals surface area contributed by atoms with Crippen molar-refractivity contribution in [3.63, 3.8) is 0 Å². The maximum Gasteiger partial charge on any atom is 0.490 e. The van der Waals surface area contributed by atoms with Gasteiger partial charge in [0.1, 0.15) is 17.8 Å². The molecule has 4 aromatic rings. The molecule has 2 aromatic heterocycles. The fraction of sp³-hybridized carbons (Fsp3) is 0.344. The number of ether oxygens (including phenoxy) is 1. The molecule has 4 amide bonds. The zero-order valence-corrected chi connectivity index (χ0v) is 27.6. The predicted molar refractivity (Wildman–Crippen MR) is 171 cm³/mol. The fourth-order valence-corrected chi connectivity index (χ4v) is 6.35. The highest BCUT2D eigenvalue weighted by atomic mass is 19.4. The van der Waals surface area contributed by atoms with Gasteiger partial charge in [-0.3, -0.25) is 34.3 Å². The van der Waals surface area contributed by atoms with Crippen molar-refractivity contribution in [1.82, 2.24) is 45.1 Å². The summed E-state index contributed by atoms with van der Waals surface area (Å²) in [6.45, 7) is 2.56. The second-order valence-corrected chi connectivity index (χ2v) is 11.9. The van der Waals surface area contributed by atoms with E-state index in [1.165, 1.54) is 0 Å². The molecule has 2 fully saturated rings. The van der Waals surface area contributed by atoms with Crippen LogP contribution >= 0.6 is 0 Å². The number of aryl methyl sites for hydroxylation is 1. The minimum absolute atomic E-state index is 0.0745. The number of rotatable bonds is 7. The average Bonchev–Trinajstić information content (AvgIpc) is 3.86. The number of methoxy groups -OCH3 is 1. The van der Waals surface area contributed by atoms with Crippen LogP contribution in [0.1, 0.15) is 51.0 Å². The Balaban J connectivity index is 0.000000604. The molecule has 0 radical (unpaired) electrons. The molecule has 5 heterocycles. The van der Waals surface area contributed by atoms with Crippen LogP contribution in [0, 0.1) is 0 Å². The van der Waals surface area contributed by atoms with Crippen molar-refractivity contribution in [2.24, 2.45) is 7.05 Å². The van der Waals surface area contributed by atoms with Gasteiger partial charge in [0.2, 0.25) is 11.8 Å². The number of amides is 4. The summed E-state index contributed by atoms with van der Waals surface area (Å²) in [5.41, 5.74) is 3.09. The van der Waals surface area contributed by atoms with E-state index in [0.29, 0.717) is 37.8 Å². The highest BCUT2D eigenvalue weighted by Crippen LogP contribution is 2.37. The third-order valence-corrected chi connectivity index (χ3v) is 8.89. The molecule has 3 aliphatic heterocycles. The molecule has 2 aromatic carbocycles. The summed E-state index contributed by atoms with van der Waals surface area (Å²) in [7, 11) is 3.45. The summed E-state index contributed by atoms with van der Waals surface area (Å²) in [4.78, 5) is 64.9. The summed E-state index contributed by atoms with van der Waals surface area (Å²) in [6.07, 6.45) is -1.31. The van der Waals surface area contributed by atoms with Crippen molar-refractivity contribution < 1.29 is 47.0 Å². The molecule has 272 valence electrons. The van der Waals surface area contributed by atoms with E-state index in [0.717, 1.165) is 21.8 Å². The predicted octanol–water partition coefficient (Wildman–Crippen LogP) is 1.35. The Labute approximate surface area is 292 Å². The van der Waals surface area contributed by atoms with Gasteiger partial charge in [-0.15, -0.1) is 5.10 Å². The molecule has 52 heavy (non-hydrogen) atoms. The summed E-state index contributed by atoms with van der Waals surface area (Å²) >= 11 is 0. The molecule has 17 nitrogen and oxygen atoms in total. The number of tetrazole rings is 1. The van der Waals surface area contributed by atoms with E-state index >= 15 is 0 Å². The van der Waals surface area contributed by atoms with Crippen molar-refractivity contribution in [3.05, 3.63) is 77.4 Å². The molecule has 2 saturated heterocycles. The maximum absolute atomic E-state index is 13.4. The lowest BCUT2D eigenvalue weighted by Gasteiger charge is -2.40. The number of nitrogens with zero attached hydrogens (tertiary/aromatic N) is 9. The van der Waals surface area contributed by atoms with E-state index in [2.05, 4.69) is 35.7 Å². The Morgan fingerprint density at radius 2 is 1.69 bits per heavy atom. The van der Waals surface area contributed by atoms with Gasteiger partial charge < -0.3 is 14.7 Å². The van der Waals surface area contributed by atoms with E-state index in [9.17, 15) is 32.3 Å². The average molecular weight is 725 g/mol. The SMILES string of the molecule is COc1cc(-n2cccn2)ccc1C(c1nnnn1C)N1CCN(c2ccc3c(c2)C(=O)N(C2CCC(=O)NC2=O)C3=O)CC1.O=C(O)C(F)(F)F. The number of carbonyl (C=O) groups is 5. The number of nitrogens with one attached hydrogen (secondary N) is 1. The van der Waals surface area contributed by atoms with Gasteiger partial charge in [-0.25, -0.2) is 14.2 Å². The van der Waals surface area contributed by atoms with Crippen LogP contribution in [0.3, 0.4) is 0 Å². The number of imide groups is 2. The van der Waals surface area contributed by atoms with Crippen molar-refractivity contribution >= 4 is 35.3 Å². The standard InChI is InChI=1S/C30H30N10O5.C2HF3O2/c1-36-27(33-34-35-36)26(21-7-5-19(17-24(21)45-2)39-11-3-10-31-39)38-14-12-37(13-15-38)18-4-6-20-22(16-18)30(44)40(29(20)43)23-8-9-25(41)32-28(23)42;3-2(4,5)1(6)7/h3-7,10-11,16-17,23,26H,8-9,12-15H2,1-2H3,(H,32,41,42);(H,6,7). The van der Waals surface area contributed by atoms with Crippen LogP contribution in [0.4, 0.5) is 18.9 Å². The second kappa shape index (κ2) is 14.2. The highest BCUT2D eigenvalue weighted by Gasteiger charge is 2.45. The lowest BCUT2D eigenvalue weighted by molar-refractivity contribution is -0.192. The smallest absolute Gasteiger partial charge is 0.490 e. The number of aromatic nitrogens is 6. The number of aliphatic carboxylic acids is 1. The van der Waals surface area contributed by atoms with Gasteiger partial charge >= 0.3 is 12.1 Å². The normalized spacial score (nSPS) is 18.4. The summed E-state index contributed by atoms with van der Waals surface area (Å²) < 4.78 is 41.0. The Kier molecular flexibility index (Phi) is 9.74. The Hall–Kier alpha value is -6.18. The minimum Gasteiger partial charge on any atom is -0.496 e. The number of alkyl halides is 3. The third-order valence-electron chi connectivity index (χ3n) is 8.89. The molecular weight excluding hydrogens is 693 g/mol. The first-order valence-electron chi connectivity index (χ1n) is 15.8. The number of anilines is 1. The first kappa shape index (κ1) is 35.6. The van der Waals surface area contributed by atoms with Crippen LogP contribution in [0.5, 0.6) is 5.75 Å². The number of carboxylic acids is 1. The van der Waals surface area contributed by atoms with Gasteiger partial charge in [0.25, 0.3) is 11.8 Å². The highest BCUT2D eigenvalue weighted by molar-refractivity contribution is 6.23. The molecule has 0 spiro atoms. The number of halogens is 3. The molecule has 0 bridgehead atoms. The number of carboxylic acid groups (broad SMARTS) is 1. The Morgan fingerprint density at radius 1 is 1.00 bits per heavy atom. The Bertz CT molecular complexity index is 2030. The third kappa shape index (κ3) is 6.91. The van der Waals surface area contributed by atoms with E-state index < -0.39 is 41.8 Å². The minimum atomic E-state index is -5.08. The van der Waals surface area contributed by atoms with E-state index in [-0.39, 0.29) is 30.0 Å². The molecule has 2 unspecified atom stereocenters. The number of carbonyl (C=O) groups excluding carboxylic acids is 4.